The van der Waals surface area contributed by atoms with E-state index in [4.69, 9.17) is 9.47 Å². The molecule has 0 aliphatic rings. The lowest BCUT2D eigenvalue weighted by Crippen LogP contribution is -2.33. The Morgan fingerprint density at radius 1 is 0.853 bits per heavy atom. The number of benzene rings is 2. The van der Waals surface area contributed by atoms with Crippen LogP contribution in [0.3, 0.4) is 0 Å². The Hall–Kier alpha value is -3.81. The zero-order chi connectivity index (χ0) is 24.7. The largest absolute Gasteiger partial charge is 0.427 e. The average molecular weight is 466 g/mol. The molecule has 34 heavy (non-hydrogen) atoms. The number of amides is 1. The zero-order valence-electron chi connectivity index (χ0n) is 20.1. The molecule has 0 N–H and O–H groups in total. The van der Waals surface area contributed by atoms with Crippen LogP contribution in [-0.4, -0.2) is 39.4 Å². The summed E-state index contributed by atoms with van der Waals surface area (Å²) in [6.07, 6.45) is 1.62. The van der Waals surface area contributed by atoms with Gasteiger partial charge in [-0.3, -0.25) is 9.59 Å². The summed E-state index contributed by atoms with van der Waals surface area (Å²) in [5, 5.41) is 0. The highest BCUT2D eigenvalue weighted by Gasteiger charge is 2.26. The summed E-state index contributed by atoms with van der Waals surface area (Å²) in [5.74, 6) is 0.148. The van der Waals surface area contributed by atoms with Crippen molar-refractivity contribution in [1.29, 1.82) is 0 Å². The Bertz CT molecular complexity index is 1180. The highest BCUT2D eigenvalue weighted by atomic mass is 16.6. The van der Waals surface area contributed by atoms with E-state index >= 15 is 0 Å². The molecule has 1 amide bonds. The van der Waals surface area contributed by atoms with Crippen molar-refractivity contribution in [3.63, 3.8) is 0 Å². The molecule has 8 heteroatoms. The number of aromatic nitrogens is 2. The lowest BCUT2D eigenvalue weighted by molar-refractivity contribution is -0.131. The van der Waals surface area contributed by atoms with E-state index in [-0.39, 0.29) is 11.4 Å². The van der Waals surface area contributed by atoms with Crippen molar-refractivity contribution in [1.82, 2.24) is 14.3 Å². The molecule has 0 fully saturated rings. The van der Waals surface area contributed by atoms with Crippen molar-refractivity contribution in [2.24, 2.45) is 0 Å². The molecule has 0 saturated heterocycles. The van der Waals surface area contributed by atoms with Gasteiger partial charge in [0.15, 0.2) is 0 Å². The van der Waals surface area contributed by atoms with Gasteiger partial charge >= 0.3 is 12.1 Å². The van der Waals surface area contributed by atoms with Crippen LogP contribution in [0.25, 0.3) is 11.4 Å². The summed E-state index contributed by atoms with van der Waals surface area (Å²) < 4.78 is 14.2. The number of rotatable bonds is 9. The standard InChI is InChI=1S/C26H31N3O5/c1-5-8-14-23-24(31)28(20-12-10-9-11-13-20)29(25(23)34-26(32)27(6-2)7-3)21-15-17-22(18-16-21)33-19(4)30/h9-13,15-18H,5-8,14H2,1-4H3. The van der Waals surface area contributed by atoms with Crippen molar-refractivity contribution in [3.05, 3.63) is 70.5 Å². The van der Waals surface area contributed by atoms with Crippen LogP contribution in [0.5, 0.6) is 11.6 Å². The number of carbonyl (C=O) groups excluding carboxylic acids is 2. The summed E-state index contributed by atoms with van der Waals surface area (Å²) in [7, 11) is 0. The van der Waals surface area contributed by atoms with Gasteiger partial charge in [-0.25, -0.2) is 14.2 Å². The molecule has 0 aliphatic carbocycles. The number of hydrogen-bond donors (Lipinski definition) is 0. The Balaban J connectivity index is 2.25. The van der Waals surface area contributed by atoms with E-state index in [1.165, 1.54) is 11.6 Å². The van der Waals surface area contributed by atoms with Crippen LogP contribution in [0.1, 0.15) is 46.1 Å². The minimum Gasteiger partial charge on any atom is -0.427 e. The van der Waals surface area contributed by atoms with Crippen LogP contribution < -0.4 is 15.0 Å². The smallest absolute Gasteiger partial charge is 0.416 e. The highest BCUT2D eigenvalue weighted by molar-refractivity contribution is 5.71. The zero-order valence-corrected chi connectivity index (χ0v) is 20.1. The Labute approximate surface area is 199 Å². The molecular weight excluding hydrogens is 434 g/mol. The first kappa shape index (κ1) is 24.8. The number of para-hydroxylation sites is 1. The summed E-state index contributed by atoms with van der Waals surface area (Å²) in [6, 6.07) is 15.9. The monoisotopic (exact) mass is 465 g/mol. The molecular formula is C26H31N3O5. The fraction of sp³-hybridized carbons (Fsp3) is 0.346. The van der Waals surface area contributed by atoms with Gasteiger partial charge in [0, 0.05) is 20.0 Å². The van der Waals surface area contributed by atoms with Gasteiger partial charge in [-0.1, -0.05) is 31.5 Å². The minimum absolute atomic E-state index is 0.194. The van der Waals surface area contributed by atoms with Crippen LogP contribution in [-0.2, 0) is 11.2 Å². The number of unbranched alkanes of at least 4 members (excludes halogenated alkanes) is 1. The molecule has 180 valence electrons. The summed E-state index contributed by atoms with van der Waals surface area (Å²) in [5.41, 5.74) is 1.42. The van der Waals surface area contributed by atoms with Crippen LogP contribution in [0.15, 0.2) is 59.4 Å². The van der Waals surface area contributed by atoms with Crippen molar-refractivity contribution in [3.8, 4) is 23.0 Å². The fourth-order valence-electron chi connectivity index (χ4n) is 3.69. The third kappa shape index (κ3) is 5.39. The highest BCUT2D eigenvalue weighted by Crippen LogP contribution is 2.27. The van der Waals surface area contributed by atoms with Gasteiger partial charge in [0.05, 0.1) is 16.9 Å². The second-order valence-corrected chi connectivity index (χ2v) is 7.78. The van der Waals surface area contributed by atoms with Crippen LogP contribution in [0.4, 0.5) is 4.79 Å². The minimum atomic E-state index is -0.516. The first-order valence-corrected chi connectivity index (χ1v) is 11.6. The lowest BCUT2D eigenvalue weighted by Gasteiger charge is -2.20. The molecule has 0 unspecified atom stereocenters. The van der Waals surface area contributed by atoms with Crippen LogP contribution in [0, 0.1) is 0 Å². The second-order valence-electron chi connectivity index (χ2n) is 7.78. The molecule has 3 aromatic rings. The average Bonchev–Trinajstić information content (AvgIpc) is 3.10. The Morgan fingerprint density at radius 2 is 1.47 bits per heavy atom. The molecule has 0 saturated carbocycles. The van der Waals surface area contributed by atoms with Crippen LogP contribution in [0.2, 0.25) is 0 Å². The normalized spacial score (nSPS) is 10.7. The van der Waals surface area contributed by atoms with Gasteiger partial charge in [-0.15, -0.1) is 0 Å². The van der Waals surface area contributed by atoms with Gasteiger partial charge in [-0.2, -0.15) is 0 Å². The number of carbonyl (C=O) groups is 2. The van der Waals surface area contributed by atoms with Gasteiger partial charge in [0.2, 0.25) is 5.88 Å². The predicted molar refractivity (Wildman–Crippen MR) is 130 cm³/mol. The maximum Gasteiger partial charge on any atom is 0.416 e. The molecule has 0 radical (unpaired) electrons. The first-order chi connectivity index (χ1) is 16.4. The number of hydrogen-bond acceptors (Lipinski definition) is 5. The van der Waals surface area contributed by atoms with Crippen molar-refractivity contribution < 1.29 is 19.1 Å². The first-order valence-electron chi connectivity index (χ1n) is 11.6. The van der Waals surface area contributed by atoms with Gasteiger partial charge in [0.25, 0.3) is 5.56 Å². The predicted octanol–water partition coefficient (Wildman–Crippen LogP) is 4.74. The van der Waals surface area contributed by atoms with E-state index in [0.717, 1.165) is 12.8 Å². The van der Waals surface area contributed by atoms with E-state index in [2.05, 4.69) is 0 Å². The maximum atomic E-state index is 13.7. The van der Waals surface area contributed by atoms with Crippen molar-refractivity contribution in [2.75, 3.05) is 13.1 Å². The Kier molecular flexibility index (Phi) is 8.29. The van der Waals surface area contributed by atoms with Gasteiger partial charge < -0.3 is 14.4 Å². The molecule has 0 spiro atoms. The summed E-state index contributed by atoms with van der Waals surface area (Å²) >= 11 is 0. The summed E-state index contributed by atoms with van der Waals surface area (Å²) in [6.45, 7) is 8.10. The van der Waals surface area contributed by atoms with E-state index in [1.807, 2.05) is 51.1 Å². The van der Waals surface area contributed by atoms with E-state index in [1.54, 1.807) is 33.8 Å². The third-order valence-electron chi connectivity index (χ3n) is 5.43. The SMILES string of the molecule is CCCCc1c(OC(=O)N(CC)CC)n(-c2ccc(OC(C)=O)cc2)n(-c2ccccc2)c1=O. The quantitative estimate of drug-likeness (QED) is 0.337. The third-order valence-corrected chi connectivity index (χ3v) is 5.43. The van der Waals surface area contributed by atoms with E-state index < -0.39 is 12.1 Å². The molecule has 0 atom stereocenters. The molecule has 3 rings (SSSR count). The Morgan fingerprint density at radius 3 is 2.03 bits per heavy atom. The number of ether oxygens (including phenoxy) is 2. The van der Waals surface area contributed by atoms with Crippen molar-refractivity contribution in [2.45, 2.75) is 47.0 Å². The van der Waals surface area contributed by atoms with E-state index in [0.29, 0.717) is 42.2 Å². The van der Waals surface area contributed by atoms with E-state index in [9.17, 15) is 14.4 Å². The summed E-state index contributed by atoms with van der Waals surface area (Å²) in [4.78, 5) is 39.5. The maximum absolute atomic E-state index is 13.7. The molecule has 1 aromatic heterocycles. The topological polar surface area (TPSA) is 82.8 Å². The molecule has 2 aromatic carbocycles. The van der Waals surface area contributed by atoms with Crippen molar-refractivity contribution >= 4 is 12.1 Å². The fourth-order valence-corrected chi connectivity index (χ4v) is 3.69. The van der Waals surface area contributed by atoms with Gasteiger partial charge in [-0.05, 0) is 63.1 Å². The number of nitrogens with zero attached hydrogens (tertiary/aromatic N) is 3. The second kappa shape index (κ2) is 11.4. The molecule has 1 heterocycles. The van der Waals surface area contributed by atoms with Crippen LogP contribution >= 0.6 is 0 Å². The van der Waals surface area contributed by atoms with Gasteiger partial charge in [0.1, 0.15) is 5.75 Å². The molecule has 8 nitrogen and oxygen atoms in total. The lowest BCUT2D eigenvalue weighted by atomic mass is 10.1. The number of esters is 1. The molecule has 0 bridgehead atoms. The molecule has 0 aliphatic heterocycles.